The topological polar surface area (TPSA) is 57.8 Å². The number of anilines is 1. The van der Waals surface area contributed by atoms with Crippen molar-refractivity contribution < 1.29 is 9.18 Å². The van der Waals surface area contributed by atoms with Crippen LogP contribution in [0.1, 0.15) is 16.1 Å². The van der Waals surface area contributed by atoms with E-state index in [1.807, 2.05) is 24.4 Å². The van der Waals surface area contributed by atoms with E-state index in [1.54, 1.807) is 29.5 Å². The normalized spacial score (nSPS) is 10.6. The number of halogens is 1. The maximum Gasteiger partial charge on any atom is 0.276 e. The fraction of sp³-hybridized carbons (Fsp3) is 0.0667. The van der Waals surface area contributed by atoms with E-state index in [0.29, 0.717) is 0 Å². The fourth-order valence-corrected chi connectivity index (χ4v) is 2.61. The van der Waals surface area contributed by atoms with Gasteiger partial charge in [-0.3, -0.25) is 9.89 Å². The number of rotatable bonds is 3. The Morgan fingerprint density at radius 2 is 2.19 bits per heavy atom. The second-order valence-corrected chi connectivity index (χ2v) is 5.53. The first-order valence-corrected chi connectivity index (χ1v) is 7.18. The van der Waals surface area contributed by atoms with Gasteiger partial charge in [-0.25, -0.2) is 4.39 Å². The van der Waals surface area contributed by atoms with Crippen molar-refractivity contribution in [2.45, 2.75) is 6.92 Å². The molecule has 0 aliphatic carbocycles. The molecule has 106 valence electrons. The summed E-state index contributed by atoms with van der Waals surface area (Å²) in [5, 5.41) is 11.2. The van der Waals surface area contributed by atoms with Crippen LogP contribution in [0.2, 0.25) is 0 Å². The maximum absolute atomic E-state index is 13.6. The van der Waals surface area contributed by atoms with Crippen molar-refractivity contribution in [1.82, 2.24) is 10.2 Å². The van der Waals surface area contributed by atoms with Gasteiger partial charge in [-0.2, -0.15) is 5.10 Å². The SMILES string of the molecule is Cc1ccc(F)c(NC(=O)c2cc(-c3cccs3)[nH]n2)c1. The van der Waals surface area contributed by atoms with E-state index >= 15 is 0 Å². The lowest BCUT2D eigenvalue weighted by molar-refractivity contribution is 0.102. The van der Waals surface area contributed by atoms with Crippen LogP contribution in [0, 0.1) is 12.7 Å². The Hall–Kier alpha value is -2.47. The van der Waals surface area contributed by atoms with Gasteiger partial charge in [-0.05, 0) is 42.1 Å². The van der Waals surface area contributed by atoms with Gasteiger partial charge in [0.25, 0.3) is 5.91 Å². The second kappa shape index (κ2) is 5.49. The van der Waals surface area contributed by atoms with E-state index in [0.717, 1.165) is 16.1 Å². The quantitative estimate of drug-likeness (QED) is 0.772. The average molecular weight is 301 g/mol. The van der Waals surface area contributed by atoms with Crippen molar-refractivity contribution in [1.29, 1.82) is 0 Å². The Labute approximate surface area is 124 Å². The van der Waals surface area contributed by atoms with Crippen LogP contribution in [0.3, 0.4) is 0 Å². The number of carbonyl (C=O) groups is 1. The largest absolute Gasteiger partial charge is 0.318 e. The van der Waals surface area contributed by atoms with E-state index < -0.39 is 11.7 Å². The summed E-state index contributed by atoms with van der Waals surface area (Å²) in [4.78, 5) is 13.1. The van der Waals surface area contributed by atoms with E-state index in [-0.39, 0.29) is 11.4 Å². The lowest BCUT2D eigenvalue weighted by Gasteiger charge is -2.05. The van der Waals surface area contributed by atoms with Gasteiger partial charge in [0.15, 0.2) is 5.69 Å². The van der Waals surface area contributed by atoms with Crippen LogP contribution in [0.5, 0.6) is 0 Å². The standard InChI is InChI=1S/C15H12FN3OS/c1-9-4-5-10(16)11(7-9)17-15(20)13-8-12(18-19-13)14-3-2-6-21-14/h2-8H,1H3,(H,17,20)(H,18,19). The molecule has 0 fully saturated rings. The number of amides is 1. The summed E-state index contributed by atoms with van der Waals surface area (Å²) in [5.74, 6) is -0.915. The molecule has 0 bridgehead atoms. The molecule has 0 saturated heterocycles. The number of nitrogens with zero attached hydrogens (tertiary/aromatic N) is 1. The fourth-order valence-electron chi connectivity index (χ4n) is 1.92. The highest BCUT2D eigenvalue weighted by Gasteiger charge is 2.14. The number of thiophene rings is 1. The highest BCUT2D eigenvalue weighted by atomic mass is 32.1. The first-order chi connectivity index (χ1) is 10.1. The van der Waals surface area contributed by atoms with Crippen LogP contribution in [-0.4, -0.2) is 16.1 Å². The molecule has 1 aromatic carbocycles. The van der Waals surface area contributed by atoms with Crippen molar-refractivity contribution in [3.8, 4) is 10.6 Å². The molecule has 0 atom stereocenters. The number of H-pyrrole nitrogens is 1. The minimum atomic E-state index is -0.469. The number of hydrogen-bond donors (Lipinski definition) is 2. The van der Waals surface area contributed by atoms with Gasteiger partial charge in [0, 0.05) is 0 Å². The third kappa shape index (κ3) is 2.85. The average Bonchev–Trinajstić information content (AvgIpc) is 3.12. The second-order valence-electron chi connectivity index (χ2n) is 4.58. The van der Waals surface area contributed by atoms with Crippen LogP contribution in [0.4, 0.5) is 10.1 Å². The predicted octanol–water partition coefficient (Wildman–Crippen LogP) is 3.84. The summed E-state index contributed by atoms with van der Waals surface area (Å²) < 4.78 is 13.6. The minimum Gasteiger partial charge on any atom is -0.318 e. The lowest BCUT2D eigenvalue weighted by atomic mass is 10.2. The summed E-state index contributed by atoms with van der Waals surface area (Å²) in [6.45, 7) is 1.83. The molecule has 0 aliphatic heterocycles. The zero-order valence-corrected chi connectivity index (χ0v) is 12.0. The highest BCUT2D eigenvalue weighted by molar-refractivity contribution is 7.13. The molecule has 2 N–H and O–H groups in total. The van der Waals surface area contributed by atoms with Gasteiger partial charge in [-0.15, -0.1) is 11.3 Å². The van der Waals surface area contributed by atoms with Crippen LogP contribution < -0.4 is 5.32 Å². The monoisotopic (exact) mass is 301 g/mol. The number of benzene rings is 1. The van der Waals surface area contributed by atoms with E-state index in [4.69, 9.17) is 0 Å². The highest BCUT2D eigenvalue weighted by Crippen LogP contribution is 2.23. The first-order valence-electron chi connectivity index (χ1n) is 6.30. The molecule has 21 heavy (non-hydrogen) atoms. The van der Waals surface area contributed by atoms with Crippen LogP contribution in [0.15, 0.2) is 41.8 Å². The summed E-state index contributed by atoms with van der Waals surface area (Å²) in [7, 11) is 0. The zero-order valence-electron chi connectivity index (χ0n) is 11.2. The summed E-state index contributed by atoms with van der Waals surface area (Å²) >= 11 is 1.55. The van der Waals surface area contributed by atoms with E-state index in [2.05, 4.69) is 15.5 Å². The molecule has 2 aromatic heterocycles. The first kappa shape index (κ1) is 13.5. The van der Waals surface area contributed by atoms with Crippen molar-refractivity contribution in [3.05, 3.63) is 58.9 Å². The maximum atomic E-state index is 13.6. The van der Waals surface area contributed by atoms with E-state index in [9.17, 15) is 9.18 Å². The molecule has 2 heterocycles. The molecular weight excluding hydrogens is 289 g/mol. The van der Waals surface area contributed by atoms with Crippen molar-refractivity contribution in [2.75, 3.05) is 5.32 Å². The molecule has 3 aromatic rings. The lowest BCUT2D eigenvalue weighted by Crippen LogP contribution is -2.13. The molecule has 0 radical (unpaired) electrons. The minimum absolute atomic E-state index is 0.153. The predicted molar refractivity (Wildman–Crippen MR) is 81.0 cm³/mol. The van der Waals surface area contributed by atoms with Gasteiger partial charge in [0.2, 0.25) is 0 Å². The van der Waals surface area contributed by atoms with Crippen LogP contribution in [0.25, 0.3) is 10.6 Å². The van der Waals surface area contributed by atoms with Crippen molar-refractivity contribution in [2.24, 2.45) is 0 Å². The Kier molecular flexibility index (Phi) is 3.53. The smallest absolute Gasteiger partial charge is 0.276 e. The molecule has 3 rings (SSSR count). The summed E-state index contributed by atoms with van der Waals surface area (Å²) in [6, 6.07) is 10.1. The zero-order chi connectivity index (χ0) is 14.8. The Morgan fingerprint density at radius 3 is 2.95 bits per heavy atom. The van der Waals surface area contributed by atoms with Gasteiger partial charge in [0.05, 0.1) is 16.3 Å². The van der Waals surface area contributed by atoms with E-state index in [1.165, 1.54) is 6.07 Å². The van der Waals surface area contributed by atoms with Crippen molar-refractivity contribution >= 4 is 22.9 Å². The van der Waals surface area contributed by atoms with Crippen LogP contribution >= 0.6 is 11.3 Å². The Morgan fingerprint density at radius 1 is 1.33 bits per heavy atom. The van der Waals surface area contributed by atoms with Gasteiger partial charge in [0.1, 0.15) is 5.82 Å². The molecular formula is C15H12FN3OS. The van der Waals surface area contributed by atoms with Gasteiger partial charge in [-0.1, -0.05) is 12.1 Å². The Bertz CT molecular complexity index is 780. The number of aryl methyl sites for hydroxylation is 1. The number of aromatic nitrogens is 2. The third-order valence-corrected chi connectivity index (χ3v) is 3.87. The van der Waals surface area contributed by atoms with Crippen LogP contribution in [-0.2, 0) is 0 Å². The van der Waals surface area contributed by atoms with Crippen molar-refractivity contribution in [3.63, 3.8) is 0 Å². The third-order valence-electron chi connectivity index (χ3n) is 2.97. The number of nitrogens with one attached hydrogen (secondary N) is 2. The number of carbonyl (C=O) groups excluding carboxylic acids is 1. The Balaban J connectivity index is 1.81. The molecule has 0 spiro atoms. The summed E-state index contributed by atoms with van der Waals surface area (Å²) in [6.07, 6.45) is 0. The molecule has 0 aliphatic rings. The molecule has 1 amide bonds. The molecule has 0 saturated carbocycles. The summed E-state index contributed by atoms with van der Waals surface area (Å²) in [5.41, 5.74) is 2.01. The molecule has 6 heteroatoms. The number of hydrogen-bond acceptors (Lipinski definition) is 3. The molecule has 0 unspecified atom stereocenters. The van der Waals surface area contributed by atoms with Gasteiger partial charge >= 0.3 is 0 Å². The number of aromatic amines is 1. The molecule has 4 nitrogen and oxygen atoms in total. The van der Waals surface area contributed by atoms with Gasteiger partial charge < -0.3 is 5.32 Å².